The monoisotopic (exact) mass is 251 g/mol. The lowest BCUT2D eigenvalue weighted by atomic mass is 10.1. The minimum atomic E-state index is -0.449. The molecule has 1 aromatic heterocycles. The minimum absolute atomic E-state index is 0.0883. The summed E-state index contributed by atoms with van der Waals surface area (Å²) in [6.07, 6.45) is 0. The third-order valence-corrected chi connectivity index (χ3v) is 2.70. The van der Waals surface area contributed by atoms with Gasteiger partial charge in [-0.1, -0.05) is 11.3 Å². The summed E-state index contributed by atoms with van der Waals surface area (Å²) >= 11 is 0. The zero-order valence-corrected chi connectivity index (χ0v) is 10.1. The molecule has 0 fully saturated rings. The number of rotatable bonds is 4. The SMILES string of the molecule is CC(NC(C)c1ccc(O)cc1F)c1nn[nH]n1. The van der Waals surface area contributed by atoms with Crippen molar-refractivity contribution in [2.75, 3.05) is 0 Å². The van der Waals surface area contributed by atoms with Crippen LogP contribution in [-0.4, -0.2) is 25.7 Å². The zero-order chi connectivity index (χ0) is 13.1. The van der Waals surface area contributed by atoms with Crippen molar-refractivity contribution in [3.05, 3.63) is 35.4 Å². The topological polar surface area (TPSA) is 86.7 Å². The molecule has 0 bridgehead atoms. The molecule has 7 heteroatoms. The number of nitrogens with one attached hydrogen (secondary N) is 2. The number of nitrogens with zero attached hydrogens (tertiary/aromatic N) is 3. The van der Waals surface area contributed by atoms with Crippen LogP contribution in [0.2, 0.25) is 0 Å². The smallest absolute Gasteiger partial charge is 0.191 e. The fourth-order valence-corrected chi connectivity index (χ4v) is 1.76. The Morgan fingerprint density at radius 1 is 1.33 bits per heavy atom. The number of phenols is 1. The predicted molar refractivity (Wildman–Crippen MR) is 62.2 cm³/mol. The van der Waals surface area contributed by atoms with Gasteiger partial charge in [0.15, 0.2) is 5.82 Å². The lowest BCUT2D eigenvalue weighted by molar-refractivity contribution is 0.448. The third kappa shape index (κ3) is 2.62. The summed E-state index contributed by atoms with van der Waals surface area (Å²) in [5, 5.41) is 25.9. The standard InChI is InChI=1S/C11H14FN5O/c1-6(9-4-3-8(18)5-10(9)12)13-7(2)11-14-16-17-15-11/h3-7,13,18H,1-2H3,(H,14,15,16,17). The predicted octanol–water partition coefficient (Wildman–Crippen LogP) is 1.46. The second-order valence-electron chi connectivity index (χ2n) is 4.09. The second-order valence-corrected chi connectivity index (χ2v) is 4.09. The van der Waals surface area contributed by atoms with Gasteiger partial charge in [0.05, 0.1) is 6.04 Å². The van der Waals surface area contributed by atoms with E-state index in [1.165, 1.54) is 6.07 Å². The van der Waals surface area contributed by atoms with Gasteiger partial charge in [-0.2, -0.15) is 5.21 Å². The van der Waals surface area contributed by atoms with Crippen LogP contribution in [0.1, 0.15) is 37.3 Å². The molecule has 1 heterocycles. The second kappa shape index (κ2) is 5.09. The number of hydrogen-bond donors (Lipinski definition) is 3. The molecule has 2 aromatic rings. The normalized spacial score (nSPS) is 14.4. The molecule has 96 valence electrons. The summed E-state index contributed by atoms with van der Waals surface area (Å²) in [6, 6.07) is 3.69. The van der Waals surface area contributed by atoms with E-state index < -0.39 is 5.82 Å². The molecule has 2 atom stereocenters. The maximum absolute atomic E-state index is 13.6. The molecular formula is C11H14FN5O. The van der Waals surface area contributed by atoms with Crippen LogP contribution in [0.25, 0.3) is 0 Å². The number of halogens is 1. The third-order valence-electron chi connectivity index (χ3n) is 2.70. The van der Waals surface area contributed by atoms with Crippen LogP contribution in [0.15, 0.2) is 18.2 Å². The Morgan fingerprint density at radius 2 is 2.11 bits per heavy atom. The number of aromatic hydroxyl groups is 1. The van der Waals surface area contributed by atoms with Crippen molar-refractivity contribution < 1.29 is 9.50 Å². The van der Waals surface area contributed by atoms with Crippen LogP contribution < -0.4 is 5.32 Å². The van der Waals surface area contributed by atoms with Gasteiger partial charge < -0.3 is 10.4 Å². The molecule has 0 spiro atoms. The largest absolute Gasteiger partial charge is 0.508 e. The molecular weight excluding hydrogens is 237 g/mol. The molecule has 0 aliphatic carbocycles. The highest BCUT2D eigenvalue weighted by molar-refractivity contribution is 5.29. The molecule has 2 unspecified atom stereocenters. The number of H-pyrrole nitrogens is 1. The Kier molecular flexibility index (Phi) is 3.52. The summed E-state index contributed by atoms with van der Waals surface area (Å²) in [6.45, 7) is 3.69. The first-order chi connectivity index (χ1) is 8.58. The number of aromatic amines is 1. The summed E-state index contributed by atoms with van der Waals surface area (Å²) in [5.41, 5.74) is 0.475. The Bertz CT molecular complexity index is 516. The van der Waals surface area contributed by atoms with E-state index in [0.717, 1.165) is 6.07 Å². The lowest BCUT2D eigenvalue weighted by Crippen LogP contribution is -2.24. The molecule has 0 amide bonds. The number of phenolic OH excluding ortho intramolecular Hbond substituents is 1. The van der Waals surface area contributed by atoms with Crippen molar-refractivity contribution in [2.45, 2.75) is 25.9 Å². The molecule has 0 aliphatic rings. The first-order valence-corrected chi connectivity index (χ1v) is 5.55. The van der Waals surface area contributed by atoms with Gasteiger partial charge in [0.1, 0.15) is 11.6 Å². The van der Waals surface area contributed by atoms with Gasteiger partial charge in [0.2, 0.25) is 0 Å². The molecule has 2 rings (SSSR count). The van der Waals surface area contributed by atoms with Crippen molar-refractivity contribution in [2.24, 2.45) is 0 Å². The summed E-state index contributed by atoms with van der Waals surface area (Å²) in [5.74, 6) is -0.0222. The molecule has 0 saturated carbocycles. The Balaban J connectivity index is 2.10. The highest BCUT2D eigenvalue weighted by Gasteiger charge is 2.17. The average molecular weight is 251 g/mol. The van der Waals surface area contributed by atoms with E-state index in [1.807, 2.05) is 13.8 Å². The lowest BCUT2D eigenvalue weighted by Gasteiger charge is -2.18. The van der Waals surface area contributed by atoms with E-state index in [-0.39, 0.29) is 17.8 Å². The highest BCUT2D eigenvalue weighted by atomic mass is 19.1. The van der Waals surface area contributed by atoms with Crippen molar-refractivity contribution in [3.63, 3.8) is 0 Å². The van der Waals surface area contributed by atoms with Crippen molar-refractivity contribution in [1.29, 1.82) is 0 Å². The van der Waals surface area contributed by atoms with Crippen LogP contribution in [0, 0.1) is 5.82 Å². The van der Waals surface area contributed by atoms with Gasteiger partial charge in [0.25, 0.3) is 0 Å². The molecule has 1 aromatic carbocycles. The number of hydrogen-bond acceptors (Lipinski definition) is 5. The van der Waals surface area contributed by atoms with Gasteiger partial charge in [-0.15, -0.1) is 10.2 Å². The van der Waals surface area contributed by atoms with Crippen LogP contribution in [0.3, 0.4) is 0 Å². The molecule has 0 saturated heterocycles. The molecule has 6 nitrogen and oxygen atoms in total. The van der Waals surface area contributed by atoms with E-state index in [1.54, 1.807) is 6.07 Å². The van der Waals surface area contributed by atoms with E-state index in [2.05, 4.69) is 25.9 Å². The van der Waals surface area contributed by atoms with E-state index in [9.17, 15) is 4.39 Å². The molecule has 0 radical (unpaired) electrons. The Morgan fingerprint density at radius 3 is 2.72 bits per heavy atom. The fourth-order valence-electron chi connectivity index (χ4n) is 1.76. The van der Waals surface area contributed by atoms with Gasteiger partial charge in [-0.3, -0.25) is 0 Å². The van der Waals surface area contributed by atoms with Gasteiger partial charge >= 0.3 is 0 Å². The van der Waals surface area contributed by atoms with Crippen molar-refractivity contribution in [1.82, 2.24) is 25.9 Å². The van der Waals surface area contributed by atoms with E-state index in [4.69, 9.17) is 5.11 Å². The molecule has 0 aliphatic heterocycles. The molecule has 3 N–H and O–H groups in total. The van der Waals surface area contributed by atoms with Gasteiger partial charge in [0, 0.05) is 17.7 Å². The number of aromatic nitrogens is 4. The Labute approximate surface area is 103 Å². The number of tetrazole rings is 1. The van der Waals surface area contributed by atoms with Crippen LogP contribution in [0.4, 0.5) is 4.39 Å². The van der Waals surface area contributed by atoms with E-state index in [0.29, 0.717) is 11.4 Å². The first kappa shape index (κ1) is 12.4. The van der Waals surface area contributed by atoms with Crippen LogP contribution >= 0.6 is 0 Å². The zero-order valence-electron chi connectivity index (χ0n) is 10.1. The van der Waals surface area contributed by atoms with Crippen LogP contribution in [0.5, 0.6) is 5.75 Å². The molecule has 18 heavy (non-hydrogen) atoms. The summed E-state index contributed by atoms with van der Waals surface area (Å²) in [7, 11) is 0. The maximum Gasteiger partial charge on any atom is 0.191 e. The fraction of sp³-hybridized carbons (Fsp3) is 0.364. The summed E-state index contributed by atoms with van der Waals surface area (Å²) < 4.78 is 13.6. The number of benzene rings is 1. The van der Waals surface area contributed by atoms with E-state index >= 15 is 0 Å². The minimum Gasteiger partial charge on any atom is -0.508 e. The van der Waals surface area contributed by atoms with Crippen LogP contribution in [-0.2, 0) is 0 Å². The highest BCUT2D eigenvalue weighted by Crippen LogP contribution is 2.22. The first-order valence-electron chi connectivity index (χ1n) is 5.55. The summed E-state index contributed by atoms with van der Waals surface area (Å²) in [4.78, 5) is 0. The van der Waals surface area contributed by atoms with Gasteiger partial charge in [-0.25, -0.2) is 4.39 Å². The van der Waals surface area contributed by atoms with Crippen molar-refractivity contribution in [3.8, 4) is 5.75 Å². The quantitative estimate of drug-likeness (QED) is 0.765. The maximum atomic E-state index is 13.6. The average Bonchev–Trinajstić information content (AvgIpc) is 2.81. The van der Waals surface area contributed by atoms with Gasteiger partial charge in [-0.05, 0) is 19.9 Å². The van der Waals surface area contributed by atoms with Crippen molar-refractivity contribution >= 4 is 0 Å². The Hall–Kier alpha value is -2.02.